The Balaban J connectivity index is 1.08. The standard InChI is InChI=1S/C27H36ClF3N4OS/c28-20-3-5-21(6-4-20)32-23-11-16-34(17-12-23)15-1-2-26(36)35-18-13-24(14-19-35)33-22-7-9-25(10-8-22)37-27(29,30)31/h3-10,23-24,26,32-33,36H,1-2,11-19H2. The SMILES string of the molecule is OC(CCCN1CCC(Nc2ccc(Cl)cc2)CC1)N1CCC(Nc2ccc(SC(F)(F)F)cc2)CC1. The number of rotatable bonds is 10. The Labute approximate surface area is 226 Å². The number of likely N-dealkylation sites (tertiary alicyclic amines) is 2. The van der Waals surface area contributed by atoms with Crippen molar-refractivity contribution in [2.24, 2.45) is 0 Å². The van der Waals surface area contributed by atoms with E-state index >= 15 is 0 Å². The fourth-order valence-electron chi connectivity index (χ4n) is 5.09. The van der Waals surface area contributed by atoms with Gasteiger partial charge < -0.3 is 20.6 Å². The number of benzene rings is 2. The van der Waals surface area contributed by atoms with E-state index in [9.17, 15) is 18.3 Å². The lowest BCUT2D eigenvalue weighted by molar-refractivity contribution is -0.0328. The van der Waals surface area contributed by atoms with E-state index in [4.69, 9.17) is 11.6 Å². The number of aliphatic hydroxyl groups excluding tert-OH is 1. The molecule has 2 fully saturated rings. The third kappa shape index (κ3) is 9.55. The Kier molecular flexibility index (Phi) is 10.3. The highest BCUT2D eigenvalue weighted by molar-refractivity contribution is 8.00. The Morgan fingerprint density at radius 1 is 0.865 bits per heavy atom. The van der Waals surface area contributed by atoms with Gasteiger partial charge in [-0.3, -0.25) is 4.90 Å². The molecule has 0 bridgehead atoms. The van der Waals surface area contributed by atoms with Crippen LogP contribution in [0.15, 0.2) is 53.4 Å². The molecule has 1 unspecified atom stereocenters. The van der Waals surface area contributed by atoms with Crippen molar-refractivity contribution in [1.29, 1.82) is 0 Å². The van der Waals surface area contributed by atoms with Crippen molar-refractivity contribution in [3.05, 3.63) is 53.6 Å². The molecule has 2 aromatic rings. The van der Waals surface area contributed by atoms with E-state index in [0.717, 1.165) is 87.6 Å². The van der Waals surface area contributed by atoms with Gasteiger partial charge in [0, 0.05) is 59.6 Å². The largest absolute Gasteiger partial charge is 0.446 e. The highest BCUT2D eigenvalue weighted by atomic mass is 35.5. The normalized spacial score (nSPS) is 19.6. The molecule has 0 amide bonds. The monoisotopic (exact) mass is 556 g/mol. The van der Waals surface area contributed by atoms with Gasteiger partial charge in [-0.2, -0.15) is 13.2 Å². The molecule has 0 saturated carbocycles. The zero-order valence-electron chi connectivity index (χ0n) is 20.9. The van der Waals surface area contributed by atoms with Crippen LogP contribution in [-0.4, -0.2) is 71.5 Å². The molecule has 4 rings (SSSR count). The average molecular weight is 557 g/mol. The molecule has 1 atom stereocenters. The van der Waals surface area contributed by atoms with Gasteiger partial charge in [-0.25, -0.2) is 0 Å². The van der Waals surface area contributed by atoms with E-state index in [0.29, 0.717) is 6.04 Å². The van der Waals surface area contributed by atoms with Gasteiger partial charge in [0.05, 0.1) is 0 Å². The van der Waals surface area contributed by atoms with Crippen LogP contribution < -0.4 is 10.6 Å². The Morgan fingerprint density at radius 3 is 1.92 bits per heavy atom. The summed E-state index contributed by atoms with van der Waals surface area (Å²) >= 11 is 5.87. The van der Waals surface area contributed by atoms with E-state index in [1.54, 1.807) is 12.1 Å². The Bertz CT molecular complexity index is 948. The third-order valence-electron chi connectivity index (χ3n) is 7.15. The topological polar surface area (TPSA) is 50.8 Å². The van der Waals surface area contributed by atoms with Gasteiger partial charge in [0.1, 0.15) is 6.23 Å². The molecule has 0 spiro atoms. The van der Waals surface area contributed by atoms with Crippen molar-refractivity contribution < 1.29 is 18.3 Å². The lowest BCUT2D eigenvalue weighted by Crippen LogP contribution is -2.45. The van der Waals surface area contributed by atoms with Crippen LogP contribution >= 0.6 is 23.4 Å². The maximum atomic E-state index is 12.5. The van der Waals surface area contributed by atoms with Crippen LogP contribution in [0.1, 0.15) is 38.5 Å². The summed E-state index contributed by atoms with van der Waals surface area (Å²) in [6, 6.07) is 15.0. The predicted molar refractivity (Wildman–Crippen MR) is 146 cm³/mol. The summed E-state index contributed by atoms with van der Waals surface area (Å²) in [6.07, 6.45) is 5.31. The van der Waals surface area contributed by atoms with Gasteiger partial charge in [0.25, 0.3) is 0 Å². The van der Waals surface area contributed by atoms with E-state index in [2.05, 4.69) is 20.4 Å². The molecule has 2 aliphatic rings. The Morgan fingerprint density at radius 2 is 1.38 bits per heavy atom. The summed E-state index contributed by atoms with van der Waals surface area (Å²) < 4.78 is 37.5. The van der Waals surface area contributed by atoms with Gasteiger partial charge in [-0.15, -0.1) is 0 Å². The number of hydrogen-bond acceptors (Lipinski definition) is 6. The Hall–Kier alpha value is -1.65. The van der Waals surface area contributed by atoms with Crippen LogP contribution in [0.2, 0.25) is 5.02 Å². The number of hydrogen-bond donors (Lipinski definition) is 3. The lowest BCUT2D eigenvalue weighted by atomic mass is 10.0. The average Bonchev–Trinajstić information content (AvgIpc) is 2.87. The molecule has 2 aliphatic heterocycles. The number of thioether (sulfide) groups is 1. The minimum absolute atomic E-state index is 0.0969. The molecule has 10 heteroatoms. The molecule has 2 saturated heterocycles. The summed E-state index contributed by atoms with van der Waals surface area (Å²) in [5.74, 6) is 0. The first-order valence-electron chi connectivity index (χ1n) is 13.0. The molecule has 204 valence electrons. The van der Waals surface area contributed by atoms with Crippen molar-refractivity contribution in [3.63, 3.8) is 0 Å². The number of piperidine rings is 2. The van der Waals surface area contributed by atoms with Crippen LogP contribution in [-0.2, 0) is 0 Å². The van der Waals surface area contributed by atoms with Crippen molar-refractivity contribution >= 4 is 34.7 Å². The first kappa shape index (κ1) is 28.4. The van der Waals surface area contributed by atoms with Crippen LogP contribution in [0.5, 0.6) is 0 Å². The predicted octanol–water partition coefficient (Wildman–Crippen LogP) is 6.50. The zero-order chi connectivity index (χ0) is 26.3. The first-order chi connectivity index (χ1) is 17.7. The second kappa shape index (κ2) is 13.4. The van der Waals surface area contributed by atoms with Gasteiger partial charge in [-0.05, 0) is 105 Å². The summed E-state index contributed by atoms with van der Waals surface area (Å²) in [5.41, 5.74) is -2.32. The van der Waals surface area contributed by atoms with Crippen molar-refractivity contribution in [2.75, 3.05) is 43.4 Å². The number of nitrogens with one attached hydrogen (secondary N) is 2. The minimum Gasteiger partial charge on any atom is -0.382 e. The maximum Gasteiger partial charge on any atom is 0.446 e. The summed E-state index contributed by atoms with van der Waals surface area (Å²) in [5, 5.41) is 18.5. The molecule has 5 nitrogen and oxygen atoms in total. The van der Waals surface area contributed by atoms with E-state index in [1.165, 1.54) is 12.1 Å². The van der Waals surface area contributed by atoms with Crippen LogP contribution in [0.25, 0.3) is 0 Å². The third-order valence-corrected chi connectivity index (χ3v) is 8.14. The van der Waals surface area contributed by atoms with Gasteiger partial charge >= 0.3 is 5.51 Å². The second-order valence-electron chi connectivity index (χ2n) is 9.92. The van der Waals surface area contributed by atoms with Gasteiger partial charge in [0.15, 0.2) is 0 Å². The molecule has 2 aromatic carbocycles. The fourth-order valence-corrected chi connectivity index (χ4v) is 5.76. The molecule has 3 N–H and O–H groups in total. The number of aliphatic hydroxyl groups is 1. The van der Waals surface area contributed by atoms with Crippen molar-refractivity contribution in [3.8, 4) is 0 Å². The van der Waals surface area contributed by atoms with Crippen LogP contribution in [0.3, 0.4) is 0 Å². The minimum atomic E-state index is -4.27. The summed E-state index contributed by atoms with van der Waals surface area (Å²) in [7, 11) is 0. The number of anilines is 2. The molecule has 2 heterocycles. The number of halogens is 4. The van der Waals surface area contributed by atoms with E-state index in [-0.39, 0.29) is 22.7 Å². The highest BCUT2D eigenvalue weighted by Gasteiger charge is 2.29. The summed E-state index contributed by atoms with van der Waals surface area (Å²) in [4.78, 5) is 4.82. The highest BCUT2D eigenvalue weighted by Crippen LogP contribution is 2.37. The molecular formula is C27H36ClF3N4OS. The van der Waals surface area contributed by atoms with Crippen molar-refractivity contribution in [2.45, 2.75) is 67.2 Å². The van der Waals surface area contributed by atoms with E-state index in [1.807, 2.05) is 24.3 Å². The lowest BCUT2D eigenvalue weighted by Gasteiger charge is -2.36. The van der Waals surface area contributed by atoms with Crippen LogP contribution in [0, 0.1) is 0 Å². The second-order valence-corrected chi connectivity index (χ2v) is 11.5. The quantitative estimate of drug-likeness (QED) is 0.290. The molecular weight excluding hydrogens is 521 g/mol. The van der Waals surface area contributed by atoms with Gasteiger partial charge in [0.2, 0.25) is 0 Å². The van der Waals surface area contributed by atoms with Gasteiger partial charge in [-0.1, -0.05) is 11.6 Å². The smallest absolute Gasteiger partial charge is 0.382 e. The zero-order valence-corrected chi connectivity index (χ0v) is 22.5. The molecule has 0 aliphatic carbocycles. The molecule has 0 aromatic heterocycles. The maximum absolute atomic E-state index is 12.5. The number of nitrogens with zero attached hydrogens (tertiary/aromatic N) is 2. The van der Waals surface area contributed by atoms with E-state index < -0.39 is 11.7 Å². The fraction of sp³-hybridized carbons (Fsp3) is 0.556. The first-order valence-corrected chi connectivity index (χ1v) is 14.2. The molecule has 0 radical (unpaired) electrons. The van der Waals surface area contributed by atoms with Crippen molar-refractivity contribution in [1.82, 2.24) is 9.80 Å². The number of alkyl halides is 3. The summed E-state index contributed by atoms with van der Waals surface area (Å²) in [6.45, 7) is 4.75. The molecule has 37 heavy (non-hydrogen) atoms. The van der Waals surface area contributed by atoms with Crippen LogP contribution in [0.4, 0.5) is 24.5 Å².